The van der Waals surface area contributed by atoms with Crippen molar-refractivity contribution >= 4 is 11.6 Å². The van der Waals surface area contributed by atoms with Crippen LogP contribution in [0.25, 0.3) is 5.65 Å². The highest BCUT2D eigenvalue weighted by molar-refractivity contribution is 5.48. The van der Waals surface area contributed by atoms with Crippen molar-refractivity contribution in [1.82, 2.24) is 29.2 Å². The van der Waals surface area contributed by atoms with Crippen LogP contribution in [0.1, 0.15) is 42.3 Å². The first-order chi connectivity index (χ1) is 15.2. The summed E-state index contributed by atoms with van der Waals surface area (Å²) in [5.74, 6) is 1.79. The standard InChI is InChI=1S/C24H31N7/c1-28-12-9-18-13-30(16-21(18)28)24-26-11-8-22-27-19(15-31(22)24)14-29(2)20-7-3-5-17-6-4-10-25-23(17)20/h4,6,8,10-11,15,18,20-21H,3,5,7,9,12-14,16H2,1-2H3/t18?,20-,21?/m0/s1. The van der Waals surface area contributed by atoms with E-state index in [-0.39, 0.29) is 0 Å². The van der Waals surface area contributed by atoms with Crippen molar-refractivity contribution in [3.8, 4) is 0 Å². The van der Waals surface area contributed by atoms with Gasteiger partial charge in [0.25, 0.3) is 0 Å². The number of rotatable bonds is 4. The molecule has 1 aliphatic carbocycles. The maximum absolute atomic E-state index is 4.95. The van der Waals surface area contributed by atoms with Crippen molar-refractivity contribution in [1.29, 1.82) is 0 Å². The number of fused-ring (bicyclic) bond motifs is 3. The third kappa shape index (κ3) is 3.31. The summed E-state index contributed by atoms with van der Waals surface area (Å²) in [5.41, 5.74) is 4.73. The number of likely N-dealkylation sites (N-methyl/N-ethyl adjacent to an activating group) is 1. The molecule has 6 rings (SSSR count). The molecule has 162 valence electrons. The van der Waals surface area contributed by atoms with Gasteiger partial charge in [0.2, 0.25) is 5.95 Å². The van der Waals surface area contributed by atoms with Gasteiger partial charge in [0.1, 0.15) is 5.65 Å². The lowest BCUT2D eigenvalue weighted by Crippen LogP contribution is -2.32. The topological polar surface area (TPSA) is 52.8 Å². The van der Waals surface area contributed by atoms with Gasteiger partial charge in [-0.2, -0.15) is 0 Å². The zero-order valence-corrected chi connectivity index (χ0v) is 18.5. The fraction of sp³-hybridized carbons (Fsp3) is 0.542. The first-order valence-electron chi connectivity index (χ1n) is 11.6. The fourth-order valence-electron chi connectivity index (χ4n) is 5.98. The van der Waals surface area contributed by atoms with Crippen molar-refractivity contribution in [2.45, 2.75) is 44.3 Å². The minimum absolute atomic E-state index is 0.362. The van der Waals surface area contributed by atoms with E-state index in [2.05, 4.69) is 51.5 Å². The third-order valence-electron chi connectivity index (χ3n) is 7.63. The molecule has 3 aromatic rings. The van der Waals surface area contributed by atoms with Gasteiger partial charge in [-0.3, -0.25) is 14.3 Å². The van der Waals surface area contributed by atoms with E-state index in [0.717, 1.165) is 55.7 Å². The van der Waals surface area contributed by atoms with Gasteiger partial charge >= 0.3 is 0 Å². The second-order valence-corrected chi connectivity index (χ2v) is 9.58. The lowest BCUT2D eigenvalue weighted by atomic mass is 9.91. The maximum Gasteiger partial charge on any atom is 0.211 e. The highest BCUT2D eigenvalue weighted by Gasteiger charge is 2.40. The van der Waals surface area contributed by atoms with Crippen LogP contribution >= 0.6 is 0 Å². The predicted octanol–water partition coefficient (Wildman–Crippen LogP) is 2.77. The Morgan fingerprint density at radius 3 is 2.97 bits per heavy atom. The second-order valence-electron chi connectivity index (χ2n) is 9.58. The third-order valence-corrected chi connectivity index (χ3v) is 7.63. The van der Waals surface area contributed by atoms with Crippen LogP contribution in [0.2, 0.25) is 0 Å². The number of nitrogens with zero attached hydrogens (tertiary/aromatic N) is 7. The van der Waals surface area contributed by atoms with Crippen LogP contribution in [0.3, 0.4) is 0 Å². The number of aryl methyl sites for hydroxylation is 1. The molecule has 5 heterocycles. The molecule has 3 atom stereocenters. The Labute approximate surface area is 183 Å². The number of hydrogen-bond donors (Lipinski definition) is 0. The first-order valence-corrected chi connectivity index (χ1v) is 11.6. The summed E-state index contributed by atoms with van der Waals surface area (Å²) in [5, 5.41) is 0. The highest BCUT2D eigenvalue weighted by atomic mass is 15.3. The highest BCUT2D eigenvalue weighted by Crippen LogP contribution is 2.34. The van der Waals surface area contributed by atoms with Crippen LogP contribution in [0.15, 0.2) is 36.8 Å². The summed E-state index contributed by atoms with van der Waals surface area (Å²) in [6.45, 7) is 4.20. The number of anilines is 1. The van der Waals surface area contributed by atoms with Crippen LogP contribution in [0.5, 0.6) is 0 Å². The smallest absolute Gasteiger partial charge is 0.211 e. The lowest BCUT2D eigenvalue weighted by Gasteiger charge is -2.31. The summed E-state index contributed by atoms with van der Waals surface area (Å²) in [6, 6.07) is 7.33. The lowest BCUT2D eigenvalue weighted by molar-refractivity contribution is 0.206. The molecule has 2 unspecified atom stereocenters. The molecule has 0 spiro atoms. The predicted molar refractivity (Wildman–Crippen MR) is 121 cm³/mol. The number of imidazole rings is 1. The molecule has 3 aromatic heterocycles. The van der Waals surface area contributed by atoms with E-state index in [4.69, 9.17) is 15.0 Å². The number of hydrogen-bond acceptors (Lipinski definition) is 6. The van der Waals surface area contributed by atoms with Gasteiger partial charge in [0.15, 0.2) is 0 Å². The molecule has 0 N–H and O–H groups in total. The van der Waals surface area contributed by atoms with E-state index >= 15 is 0 Å². The minimum Gasteiger partial charge on any atom is -0.340 e. The molecule has 2 aliphatic heterocycles. The molecule has 0 saturated carbocycles. The average Bonchev–Trinajstić information content (AvgIpc) is 3.48. The summed E-state index contributed by atoms with van der Waals surface area (Å²) >= 11 is 0. The van der Waals surface area contributed by atoms with E-state index in [1.54, 1.807) is 0 Å². The molecule has 2 fully saturated rings. The summed E-state index contributed by atoms with van der Waals surface area (Å²) < 4.78 is 2.19. The van der Waals surface area contributed by atoms with Crippen molar-refractivity contribution in [2.75, 3.05) is 38.6 Å². The Balaban J connectivity index is 1.25. The van der Waals surface area contributed by atoms with Crippen molar-refractivity contribution in [3.63, 3.8) is 0 Å². The van der Waals surface area contributed by atoms with E-state index in [0.29, 0.717) is 12.1 Å². The van der Waals surface area contributed by atoms with Crippen LogP contribution in [0.4, 0.5) is 5.95 Å². The second kappa shape index (κ2) is 7.57. The monoisotopic (exact) mass is 417 g/mol. The van der Waals surface area contributed by atoms with Crippen molar-refractivity contribution in [3.05, 3.63) is 53.7 Å². The number of aromatic nitrogens is 4. The molecule has 31 heavy (non-hydrogen) atoms. The summed E-state index contributed by atoms with van der Waals surface area (Å²) in [7, 11) is 4.46. The molecule has 0 amide bonds. The van der Waals surface area contributed by atoms with Gasteiger partial charge in [-0.05, 0) is 69.9 Å². The van der Waals surface area contributed by atoms with E-state index in [9.17, 15) is 0 Å². The minimum atomic E-state index is 0.362. The zero-order valence-electron chi connectivity index (χ0n) is 18.5. The van der Waals surface area contributed by atoms with Crippen molar-refractivity contribution in [2.24, 2.45) is 5.92 Å². The largest absolute Gasteiger partial charge is 0.340 e. The molecule has 0 aromatic carbocycles. The van der Waals surface area contributed by atoms with E-state index in [1.165, 1.54) is 30.6 Å². The molecule has 7 nitrogen and oxygen atoms in total. The zero-order chi connectivity index (χ0) is 20.9. The van der Waals surface area contributed by atoms with Gasteiger partial charge in [0, 0.05) is 44.3 Å². The van der Waals surface area contributed by atoms with Crippen LogP contribution < -0.4 is 4.90 Å². The Bertz CT molecular complexity index is 1090. The van der Waals surface area contributed by atoms with E-state index < -0.39 is 0 Å². The van der Waals surface area contributed by atoms with Gasteiger partial charge < -0.3 is 9.80 Å². The number of likely N-dealkylation sites (tertiary alicyclic amines) is 1. The van der Waals surface area contributed by atoms with Crippen LogP contribution in [-0.2, 0) is 13.0 Å². The Morgan fingerprint density at radius 1 is 1.13 bits per heavy atom. The van der Waals surface area contributed by atoms with Crippen LogP contribution in [0, 0.1) is 5.92 Å². The first kappa shape index (κ1) is 19.2. The normalized spacial score (nSPS) is 26.0. The maximum atomic E-state index is 4.95. The van der Waals surface area contributed by atoms with Gasteiger partial charge in [-0.1, -0.05) is 6.07 Å². The SMILES string of the molecule is CN1CCC2CN(c3nccc4nc(CN(C)[C@H]5CCCc6cccnc65)cn34)CC21. The van der Waals surface area contributed by atoms with Gasteiger partial charge in [0.05, 0.1) is 17.4 Å². The molecule has 2 saturated heterocycles. The van der Waals surface area contributed by atoms with Gasteiger partial charge in [-0.15, -0.1) is 0 Å². The Kier molecular flexibility index (Phi) is 4.69. The Morgan fingerprint density at radius 2 is 2.06 bits per heavy atom. The molecule has 0 radical (unpaired) electrons. The van der Waals surface area contributed by atoms with Crippen molar-refractivity contribution < 1.29 is 0 Å². The quantitative estimate of drug-likeness (QED) is 0.651. The summed E-state index contributed by atoms with van der Waals surface area (Å²) in [4.78, 5) is 21.8. The van der Waals surface area contributed by atoms with Crippen LogP contribution in [-0.4, -0.2) is 68.9 Å². The molecule has 0 bridgehead atoms. The fourth-order valence-corrected chi connectivity index (χ4v) is 5.98. The number of pyridine rings is 1. The van der Waals surface area contributed by atoms with E-state index in [1.807, 2.05) is 18.5 Å². The molecule has 7 heteroatoms. The molecule has 3 aliphatic rings. The summed E-state index contributed by atoms with van der Waals surface area (Å²) in [6.07, 6.45) is 10.8. The average molecular weight is 418 g/mol. The molecular weight excluding hydrogens is 386 g/mol. The Hall–Kier alpha value is -2.51. The van der Waals surface area contributed by atoms with Gasteiger partial charge in [-0.25, -0.2) is 9.97 Å². The molecular formula is C24H31N7.